The minimum absolute atomic E-state index is 0.912. The van der Waals surface area contributed by atoms with Gasteiger partial charge in [0.1, 0.15) is 11.5 Å². The van der Waals surface area contributed by atoms with E-state index in [1.54, 1.807) is 0 Å². The molecule has 0 N–H and O–H groups in total. The molecule has 0 atom stereocenters. The summed E-state index contributed by atoms with van der Waals surface area (Å²) in [4.78, 5) is 0. The van der Waals surface area contributed by atoms with Gasteiger partial charge in [-0.3, -0.25) is 0 Å². The van der Waals surface area contributed by atoms with Crippen molar-refractivity contribution >= 4 is 0 Å². The van der Waals surface area contributed by atoms with Crippen molar-refractivity contribution in [2.75, 3.05) is 0 Å². The van der Waals surface area contributed by atoms with Gasteiger partial charge in [0.05, 0.1) is 0 Å². The second kappa shape index (κ2) is 6.20. The Hall–Kier alpha value is -3.32. The van der Waals surface area contributed by atoms with Gasteiger partial charge in [0.15, 0.2) is 0 Å². The van der Waals surface area contributed by atoms with Crippen molar-refractivity contribution in [2.24, 2.45) is 0 Å². The molecule has 0 aromatic heterocycles. The van der Waals surface area contributed by atoms with E-state index in [9.17, 15) is 0 Å². The van der Waals surface area contributed by atoms with Crippen molar-refractivity contribution in [3.05, 3.63) is 108 Å². The van der Waals surface area contributed by atoms with Crippen LogP contribution in [0.1, 0.15) is 11.1 Å². The predicted molar refractivity (Wildman–Crippen MR) is 107 cm³/mol. The van der Waals surface area contributed by atoms with Gasteiger partial charge in [-0.15, -0.1) is 0 Å². The Balaban J connectivity index is 1.52. The van der Waals surface area contributed by atoms with Gasteiger partial charge in [0.2, 0.25) is 0 Å². The highest BCUT2D eigenvalue weighted by atomic mass is 16.5. The quantitative estimate of drug-likeness (QED) is 0.348. The summed E-state index contributed by atoms with van der Waals surface area (Å²) in [6.45, 7) is 0. The molecule has 0 spiro atoms. The highest BCUT2D eigenvalue weighted by Crippen LogP contribution is 2.40. The van der Waals surface area contributed by atoms with Crippen molar-refractivity contribution in [3.8, 4) is 33.8 Å². The average molecular weight is 334 g/mol. The first-order valence-electron chi connectivity index (χ1n) is 8.91. The van der Waals surface area contributed by atoms with Crippen LogP contribution in [0.4, 0.5) is 0 Å². The maximum Gasteiger partial charge on any atom is 0.131 e. The van der Waals surface area contributed by atoms with Crippen LogP contribution in [0.15, 0.2) is 97.1 Å². The van der Waals surface area contributed by atoms with Gasteiger partial charge in [-0.1, -0.05) is 84.9 Å². The summed E-state index contributed by atoms with van der Waals surface area (Å²) < 4.78 is 6.30. The lowest BCUT2D eigenvalue weighted by molar-refractivity contribution is 0.460. The van der Waals surface area contributed by atoms with Gasteiger partial charge in [-0.25, -0.2) is 0 Å². The first-order chi connectivity index (χ1) is 12.9. The molecular formula is C25H18O. The molecule has 0 bridgehead atoms. The van der Waals surface area contributed by atoms with Crippen molar-refractivity contribution in [3.63, 3.8) is 0 Å². The normalized spacial score (nSPS) is 12.0. The van der Waals surface area contributed by atoms with Crippen molar-refractivity contribution in [1.82, 2.24) is 0 Å². The van der Waals surface area contributed by atoms with Gasteiger partial charge in [-0.2, -0.15) is 0 Å². The molecule has 0 fully saturated rings. The third-order valence-corrected chi connectivity index (χ3v) is 4.95. The number of hydrogen-bond acceptors (Lipinski definition) is 1. The summed E-state index contributed by atoms with van der Waals surface area (Å²) in [5, 5.41) is 0. The average Bonchev–Trinajstić information content (AvgIpc) is 2.73. The molecule has 1 heterocycles. The molecule has 1 aliphatic heterocycles. The van der Waals surface area contributed by atoms with E-state index in [4.69, 9.17) is 4.74 Å². The molecular weight excluding hydrogens is 316 g/mol. The molecule has 4 aromatic rings. The molecule has 124 valence electrons. The Kier molecular flexibility index (Phi) is 3.57. The summed E-state index contributed by atoms with van der Waals surface area (Å²) in [5.74, 6) is 1.92. The van der Waals surface area contributed by atoms with Gasteiger partial charge in [0.25, 0.3) is 0 Å². The van der Waals surface area contributed by atoms with E-state index in [1.807, 2.05) is 12.1 Å². The van der Waals surface area contributed by atoms with Gasteiger partial charge < -0.3 is 4.74 Å². The van der Waals surface area contributed by atoms with Crippen molar-refractivity contribution < 1.29 is 4.74 Å². The van der Waals surface area contributed by atoms with Crippen molar-refractivity contribution in [1.29, 1.82) is 0 Å². The van der Waals surface area contributed by atoms with Crippen LogP contribution in [0.2, 0.25) is 0 Å². The van der Waals surface area contributed by atoms with Gasteiger partial charge in [0, 0.05) is 6.42 Å². The highest BCUT2D eigenvalue weighted by Gasteiger charge is 2.18. The minimum atomic E-state index is 0.912. The molecule has 0 aliphatic carbocycles. The monoisotopic (exact) mass is 334 g/mol. The minimum Gasteiger partial charge on any atom is -0.457 e. The Morgan fingerprint density at radius 3 is 1.38 bits per heavy atom. The maximum absolute atomic E-state index is 6.30. The topological polar surface area (TPSA) is 9.23 Å². The van der Waals surface area contributed by atoms with Crippen LogP contribution in [0.5, 0.6) is 11.5 Å². The number of hydrogen-bond donors (Lipinski definition) is 0. The van der Waals surface area contributed by atoms with Gasteiger partial charge >= 0.3 is 0 Å². The number of benzene rings is 4. The molecule has 1 aliphatic rings. The SMILES string of the molecule is c1ccc(-c2ccc3c(c2)Oc2cc(-c4ccccc4)ccc2C3)cc1. The summed E-state index contributed by atoms with van der Waals surface area (Å²) in [7, 11) is 0. The van der Waals surface area contributed by atoms with Crippen LogP contribution < -0.4 is 4.74 Å². The lowest BCUT2D eigenvalue weighted by Gasteiger charge is -2.22. The Morgan fingerprint density at radius 1 is 0.462 bits per heavy atom. The van der Waals surface area contributed by atoms with E-state index in [-0.39, 0.29) is 0 Å². The summed E-state index contributed by atoms with van der Waals surface area (Å²) >= 11 is 0. The molecule has 26 heavy (non-hydrogen) atoms. The molecule has 4 aromatic carbocycles. The predicted octanol–water partition coefficient (Wildman–Crippen LogP) is 6.72. The molecule has 1 nitrogen and oxygen atoms in total. The smallest absolute Gasteiger partial charge is 0.131 e. The molecule has 0 saturated carbocycles. The number of rotatable bonds is 2. The number of ether oxygens (including phenoxy) is 1. The zero-order valence-corrected chi connectivity index (χ0v) is 14.4. The second-order valence-corrected chi connectivity index (χ2v) is 6.66. The van der Waals surface area contributed by atoms with E-state index in [2.05, 4.69) is 84.9 Å². The second-order valence-electron chi connectivity index (χ2n) is 6.66. The standard InChI is InChI=1S/C25H18O/c1-3-7-18(8-4-1)20-11-13-22-15-23-14-12-21(19-9-5-2-6-10-19)17-25(23)26-24(22)16-20/h1-14,16-17H,15H2. The van der Waals surface area contributed by atoms with Crippen LogP contribution >= 0.6 is 0 Å². The van der Waals surface area contributed by atoms with E-state index < -0.39 is 0 Å². The highest BCUT2D eigenvalue weighted by molar-refractivity contribution is 5.70. The van der Waals surface area contributed by atoms with Crippen molar-refractivity contribution in [2.45, 2.75) is 6.42 Å². The largest absolute Gasteiger partial charge is 0.457 e. The van der Waals surface area contributed by atoms with E-state index in [0.29, 0.717) is 0 Å². The summed E-state index contributed by atoms with van der Waals surface area (Å²) in [6.07, 6.45) is 0.912. The lowest BCUT2D eigenvalue weighted by atomic mass is 9.95. The summed E-state index contributed by atoms with van der Waals surface area (Å²) in [5.41, 5.74) is 7.28. The third-order valence-electron chi connectivity index (χ3n) is 4.95. The Morgan fingerprint density at radius 2 is 0.923 bits per heavy atom. The van der Waals surface area contributed by atoms with Crippen LogP contribution in [0.25, 0.3) is 22.3 Å². The zero-order chi connectivity index (χ0) is 17.3. The molecule has 1 heteroatoms. The number of fused-ring (bicyclic) bond motifs is 2. The lowest BCUT2D eigenvalue weighted by Crippen LogP contribution is -2.03. The molecule has 5 rings (SSSR count). The van der Waals surface area contributed by atoms with Crippen LogP contribution in [-0.4, -0.2) is 0 Å². The fraction of sp³-hybridized carbons (Fsp3) is 0.0400. The fourth-order valence-corrected chi connectivity index (χ4v) is 3.54. The third kappa shape index (κ3) is 2.68. The molecule has 0 radical (unpaired) electrons. The van der Waals surface area contributed by atoms with E-state index >= 15 is 0 Å². The first kappa shape index (κ1) is 15.0. The fourth-order valence-electron chi connectivity index (χ4n) is 3.54. The van der Waals surface area contributed by atoms with Crippen LogP contribution in [0.3, 0.4) is 0 Å². The van der Waals surface area contributed by atoms with Crippen LogP contribution in [-0.2, 0) is 6.42 Å². The van der Waals surface area contributed by atoms with Gasteiger partial charge in [-0.05, 0) is 45.5 Å². The Bertz CT molecular complexity index is 979. The first-order valence-corrected chi connectivity index (χ1v) is 8.91. The molecule has 0 saturated heterocycles. The van der Waals surface area contributed by atoms with E-state index in [1.165, 1.54) is 33.4 Å². The Labute approximate surface area is 153 Å². The molecule has 0 amide bonds. The zero-order valence-electron chi connectivity index (χ0n) is 14.4. The molecule has 0 unspecified atom stereocenters. The van der Waals surface area contributed by atoms with E-state index in [0.717, 1.165) is 17.9 Å². The summed E-state index contributed by atoms with van der Waals surface area (Å²) in [6, 6.07) is 33.9. The maximum atomic E-state index is 6.30. The van der Waals surface area contributed by atoms with Crippen LogP contribution in [0, 0.1) is 0 Å².